The molecule has 3 aromatic carbocycles. The van der Waals surface area contributed by atoms with Crippen LogP contribution in [-0.4, -0.2) is 28.0 Å². The molecule has 1 amide bonds. The predicted octanol–water partition coefficient (Wildman–Crippen LogP) is 3.84. The number of benzene rings is 3. The van der Waals surface area contributed by atoms with Gasteiger partial charge in [0.15, 0.2) is 6.61 Å². The Morgan fingerprint density at radius 1 is 0.966 bits per heavy atom. The molecule has 0 atom stereocenters. The summed E-state index contributed by atoms with van der Waals surface area (Å²) in [6.45, 7) is 1.80. The second kappa shape index (κ2) is 8.79. The van der Waals surface area contributed by atoms with Crippen LogP contribution < -0.4 is 14.4 Å². The van der Waals surface area contributed by atoms with Crippen LogP contribution in [0.1, 0.15) is 5.56 Å². The van der Waals surface area contributed by atoms with Crippen LogP contribution in [0.4, 0.5) is 11.4 Å². The van der Waals surface area contributed by atoms with Gasteiger partial charge in [0, 0.05) is 12.7 Å². The Morgan fingerprint density at radius 2 is 1.66 bits per heavy atom. The van der Waals surface area contributed by atoms with Crippen LogP contribution in [0.3, 0.4) is 0 Å². The average Bonchev–Trinajstić information content (AvgIpc) is 2.73. The number of sulfonamides is 1. The zero-order chi connectivity index (χ0) is 20.9. The zero-order valence-electron chi connectivity index (χ0n) is 16.2. The molecule has 3 rings (SSSR count). The summed E-state index contributed by atoms with van der Waals surface area (Å²) in [5, 5.41) is 2.77. The van der Waals surface area contributed by atoms with E-state index in [1.807, 2.05) is 31.2 Å². The van der Waals surface area contributed by atoms with Crippen LogP contribution in [0.25, 0.3) is 0 Å². The summed E-state index contributed by atoms with van der Waals surface area (Å²) in [6, 6.07) is 22.2. The first-order valence-electron chi connectivity index (χ1n) is 8.99. The number of hydrogen-bond acceptors (Lipinski definition) is 4. The number of rotatable bonds is 7. The van der Waals surface area contributed by atoms with Crippen molar-refractivity contribution in [3.63, 3.8) is 0 Å². The lowest BCUT2D eigenvalue weighted by molar-refractivity contribution is -0.118. The van der Waals surface area contributed by atoms with E-state index in [4.69, 9.17) is 4.74 Å². The van der Waals surface area contributed by atoms with E-state index in [9.17, 15) is 13.2 Å². The van der Waals surface area contributed by atoms with Crippen molar-refractivity contribution in [2.24, 2.45) is 0 Å². The second-order valence-corrected chi connectivity index (χ2v) is 8.46. The van der Waals surface area contributed by atoms with Crippen LogP contribution in [0.15, 0.2) is 83.8 Å². The summed E-state index contributed by atoms with van der Waals surface area (Å²) in [7, 11) is -2.15. The highest BCUT2D eigenvalue weighted by Gasteiger charge is 2.20. The summed E-state index contributed by atoms with van der Waals surface area (Å²) in [5.41, 5.74) is 2.25. The molecular formula is C22H22N2O4S. The van der Waals surface area contributed by atoms with Crippen molar-refractivity contribution in [1.29, 1.82) is 0 Å². The van der Waals surface area contributed by atoms with E-state index in [0.29, 0.717) is 17.1 Å². The SMILES string of the molecule is Cc1cccc(NC(=O)COc2ccc(N(C)S(=O)(=O)c3ccccc3)cc2)c1. The molecule has 29 heavy (non-hydrogen) atoms. The Balaban J connectivity index is 1.60. The predicted molar refractivity (Wildman–Crippen MR) is 114 cm³/mol. The molecule has 0 aromatic heterocycles. The molecule has 0 heterocycles. The summed E-state index contributed by atoms with van der Waals surface area (Å²) in [6.07, 6.45) is 0. The molecule has 150 valence electrons. The number of hydrogen-bond donors (Lipinski definition) is 1. The number of carbonyl (C=O) groups is 1. The van der Waals surface area contributed by atoms with Gasteiger partial charge in [0.1, 0.15) is 5.75 Å². The number of ether oxygens (including phenoxy) is 1. The molecule has 0 radical (unpaired) electrons. The third-order valence-electron chi connectivity index (χ3n) is 4.27. The van der Waals surface area contributed by atoms with Gasteiger partial charge < -0.3 is 10.1 Å². The lowest BCUT2D eigenvalue weighted by atomic mass is 10.2. The van der Waals surface area contributed by atoms with E-state index in [1.165, 1.54) is 11.4 Å². The Kier molecular flexibility index (Phi) is 6.19. The standard InChI is InChI=1S/C22H22N2O4S/c1-17-7-6-8-18(15-17)23-22(25)16-28-20-13-11-19(12-14-20)24(2)29(26,27)21-9-4-3-5-10-21/h3-15H,16H2,1-2H3,(H,23,25). The Hall–Kier alpha value is -3.32. The number of aryl methyl sites for hydroxylation is 1. The molecule has 0 fully saturated rings. The molecule has 0 aliphatic carbocycles. The molecule has 0 aliphatic rings. The van der Waals surface area contributed by atoms with Gasteiger partial charge in [0.25, 0.3) is 15.9 Å². The first kappa shape index (κ1) is 20.4. The number of anilines is 2. The maximum Gasteiger partial charge on any atom is 0.264 e. The maximum atomic E-state index is 12.7. The van der Waals surface area contributed by atoms with Crippen molar-refractivity contribution in [3.8, 4) is 5.75 Å². The largest absolute Gasteiger partial charge is 0.484 e. The molecule has 0 saturated carbocycles. The Bertz CT molecular complexity index is 1080. The van der Waals surface area contributed by atoms with Crippen LogP contribution in [0, 0.1) is 6.92 Å². The fraction of sp³-hybridized carbons (Fsp3) is 0.136. The molecule has 0 spiro atoms. The van der Waals surface area contributed by atoms with Crippen molar-refractivity contribution in [1.82, 2.24) is 0 Å². The summed E-state index contributed by atoms with van der Waals surface area (Å²) >= 11 is 0. The number of nitrogens with one attached hydrogen (secondary N) is 1. The van der Waals surface area contributed by atoms with Gasteiger partial charge in [0.2, 0.25) is 0 Å². The van der Waals surface area contributed by atoms with E-state index in [-0.39, 0.29) is 17.4 Å². The zero-order valence-corrected chi connectivity index (χ0v) is 17.0. The molecule has 6 nitrogen and oxygen atoms in total. The average molecular weight is 410 g/mol. The monoisotopic (exact) mass is 410 g/mol. The topological polar surface area (TPSA) is 75.7 Å². The van der Waals surface area contributed by atoms with Gasteiger partial charge in [-0.05, 0) is 61.0 Å². The van der Waals surface area contributed by atoms with Gasteiger partial charge >= 0.3 is 0 Å². The van der Waals surface area contributed by atoms with Gasteiger partial charge in [-0.2, -0.15) is 0 Å². The fourth-order valence-electron chi connectivity index (χ4n) is 2.71. The van der Waals surface area contributed by atoms with Crippen molar-refractivity contribution < 1.29 is 17.9 Å². The van der Waals surface area contributed by atoms with E-state index >= 15 is 0 Å². The molecule has 7 heteroatoms. The lowest BCUT2D eigenvalue weighted by Crippen LogP contribution is -2.26. The van der Waals surface area contributed by atoms with Crippen LogP contribution in [0.2, 0.25) is 0 Å². The molecule has 3 aromatic rings. The summed E-state index contributed by atoms with van der Waals surface area (Å²) < 4.78 is 32.0. The first-order chi connectivity index (χ1) is 13.9. The van der Waals surface area contributed by atoms with Gasteiger partial charge in [-0.15, -0.1) is 0 Å². The van der Waals surface area contributed by atoms with E-state index in [1.54, 1.807) is 54.6 Å². The minimum atomic E-state index is -3.64. The highest BCUT2D eigenvalue weighted by molar-refractivity contribution is 7.92. The van der Waals surface area contributed by atoms with Crippen molar-refractivity contribution in [3.05, 3.63) is 84.4 Å². The first-order valence-corrected chi connectivity index (χ1v) is 10.4. The molecule has 0 bridgehead atoms. The fourth-order valence-corrected chi connectivity index (χ4v) is 3.93. The van der Waals surface area contributed by atoms with Crippen molar-refractivity contribution in [2.45, 2.75) is 11.8 Å². The highest BCUT2D eigenvalue weighted by Crippen LogP contribution is 2.24. The molecule has 0 unspecified atom stereocenters. The number of amides is 1. The van der Waals surface area contributed by atoms with Gasteiger partial charge in [-0.1, -0.05) is 30.3 Å². The smallest absolute Gasteiger partial charge is 0.264 e. The summed E-state index contributed by atoms with van der Waals surface area (Å²) in [4.78, 5) is 12.3. The van der Waals surface area contributed by atoms with E-state index in [0.717, 1.165) is 5.56 Å². The normalized spacial score (nSPS) is 11.0. The van der Waals surface area contributed by atoms with Crippen LogP contribution in [-0.2, 0) is 14.8 Å². The highest BCUT2D eigenvalue weighted by atomic mass is 32.2. The third-order valence-corrected chi connectivity index (χ3v) is 6.07. The van der Waals surface area contributed by atoms with Gasteiger partial charge in [0.05, 0.1) is 10.6 Å². The van der Waals surface area contributed by atoms with Gasteiger partial charge in [-0.3, -0.25) is 9.10 Å². The van der Waals surface area contributed by atoms with E-state index < -0.39 is 10.0 Å². The van der Waals surface area contributed by atoms with E-state index in [2.05, 4.69) is 5.32 Å². The van der Waals surface area contributed by atoms with Crippen molar-refractivity contribution >= 4 is 27.3 Å². The van der Waals surface area contributed by atoms with Crippen LogP contribution >= 0.6 is 0 Å². The van der Waals surface area contributed by atoms with Crippen molar-refractivity contribution in [2.75, 3.05) is 23.3 Å². The number of nitrogens with zero attached hydrogens (tertiary/aromatic N) is 1. The lowest BCUT2D eigenvalue weighted by Gasteiger charge is -2.19. The minimum absolute atomic E-state index is 0.147. The van der Waals surface area contributed by atoms with Crippen LogP contribution in [0.5, 0.6) is 5.75 Å². The second-order valence-electron chi connectivity index (χ2n) is 6.49. The Morgan fingerprint density at radius 3 is 2.31 bits per heavy atom. The maximum absolute atomic E-state index is 12.7. The quantitative estimate of drug-likeness (QED) is 0.642. The molecule has 0 aliphatic heterocycles. The Labute approximate surface area is 170 Å². The number of carbonyl (C=O) groups excluding carboxylic acids is 1. The molecule has 0 saturated heterocycles. The molecular weight excluding hydrogens is 388 g/mol. The third kappa shape index (κ3) is 5.14. The minimum Gasteiger partial charge on any atom is -0.484 e. The molecule has 1 N–H and O–H groups in total. The van der Waals surface area contributed by atoms with Gasteiger partial charge in [-0.25, -0.2) is 8.42 Å². The summed E-state index contributed by atoms with van der Waals surface area (Å²) in [5.74, 6) is 0.196.